The van der Waals surface area contributed by atoms with E-state index in [1.165, 1.54) is 25.1 Å². The lowest BCUT2D eigenvalue weighted by Crippen LogP contribution is -2.52. The zero-order valence-electron chi connectivity index (χ0n) is 25.6. The number of rotatable bonds is 18. The highest BCUT2D eigenvalue weighted by atomic mass is 16.8. The Kier molecular flexibility index (Phi) is 16.3. The second-order valence-electron chi connectivity index (χ2n) is 10.5. The molecule has 0 heterocycles. The third-order valence-corrected chi connectivity index (χ3v) is 6.24. The average molecular weight is 598 g/mol. The first-order valence-electron chi connectivity index (χ1n) is 14.6. The molecule has 3 N–H and O–H groups in total. The molecule has 238 valence electrons. The van der Waals surface area contributed by atoms with Gasteiger partial charge >= 0.3 is 24.4 Å². The van der Waals surface area contributed by atoms with Crippen LogP contribution in [0.2, 0.25) is 0 Å². The standard InChI is InChI=1S/C30H47NO11/c1-7-10-11-16-37-27(34)40-22(6)18-30(31,26(32)33)19-23-14-15-24(41-28(35)38-20(4)12-8-2)25(17-23)42-29(36)39-21(5)13-9-3/h14-15,17,20-22H,7-13,16,18-19,31H2,1-6H3,(H,32,33)/t20?,21?,22-,30?/m0/s1. The zero-order valence-corrected chi connectivity index (χ0v) is 25.6. The van der Waals surface area contributed by atoms with Gasteiger partial charge in [0.2, 0.25) is 0 Å². The molecule has 0 radical (unpaired) electrons. The Balaban J connectivity index is 3.12. The van der Waals surface area contributed by atoms with Crippen molar-refractivity contribution in [2.75, 3.05) is 6.61 Å². The van der Waals surface area contributed by atoms with E-state index in [9.17, 15) is 24.3 Å². The fourth-order valence-electron chi connectivity index (χ4n) is 4.17. The van der Waals surface area contributed by atoms with Crippen LogP contribution in [0.15, 0.2) is 18.2 Å². The highest BCUT2D eigenvalue weighted by molar-refractivity contribution is 5.79. The molecule has 1 rings (SSSR count). The van der Waals surface area contributed by atoms with Gasteiger partial charge in [-0.25, -0.2) is 14.4 Å². The van der Waals surface area contributed by atoms with Gasteiger partial charge in [-0.05, 0) is 57.7 Å². The highest BCUT2D eigenvalue weighted by Gasteiger charge is 2.37. The molecule has 1 aromatic carbocycles. The van der Waals surface area contributed by atoms with Crippen LogP contribution in [-0.2, 0) is 30.2 Å². The van der Waals surface area contributed by atoms with E-state index in [2.05, 4.69) is 0 Å². The van der Waals surface area contributed by atoms with Crippen LogP contribution in [0.5, 0.6) is 11.5 Å². The molecule has 0 saturated heterocycles. The molecule has 0 aromatic heterocycles. The van der Waals surface area contributed by atoms with Crippen LogP contribution >= 0.6 is 0 Å². The summed E-state index contributed by atoms with van der Waals surface area (Å²) in [6.45, 7) is 11.1. The number of unbranched alkanes of at least 4 members (excludes halogenated alkanes) is 2. The number of aliphatic carboxylic acids is 1. The van der Waals surface area contributed by atoms with Gasteiger partial charge in [0, 0.05) is 12.8 Å². The van der Waals surface area contributed by atoms with Crippen molar-refractivity contribution in [1.82, 2.24) is 0 Å². The summed E-state index contributed by atoms with van der Waals surface area (Å²) in [7, 11) is 0. The Morgan fingerprint density at radius 3 is 1.86 bits per heavy atom. The third-order valence-electron chi connectivity index (χ3n) is 6.24. The van der Waals surface area contributed by atoms with Crippen LogP contribution in [0.3, 0.4) is 0 Å². The molecule has 42 heavy (non-hydrogen) atoms. The monoisotopic (exact) mass is 597 g/mol. The van der Waals surface area contributed by atoms with E-state index in [-0.39, 0.29) is 30.9 Å². The second kappa shape index (κ2) is 18.8. The molecular weight excluding hydrogens is 550 g/mol. The first kappa shape index (κ1) is 36.5. The van der Waals surface area contributed by atoms with Gasteiger partial charge in [0.25, 0.3) is 0 Å². The molecule has 0 aliphatic heterocycles. The van der Waals surface area contributed by atoms with Gasteiger partial charge in [-0.1, -0.05) is 52.5 Å². The van der Waals surface area contributed by atoms with E-state index in [4.69, 9.17) is 34.2 Å². The summed E-state index contributed by atoms with van der Waals surface area (Å²) in [4.78, 5) is 49.0. The van der Waals surface area contributed by atoms with Gasteiger partial charge in [-0.2, -0.15) is 0 Å². The minimum Gasteiger partial charge on any atom is -0.480 e. The van der Waals surface area contributed by atoms with Crippen LogP contribution in [0, 0.1) is 0 Å². The predicted molar refractivity (Wildman–Crippen MR) is 154 cm³/mol. The number of benzene rings is 1. The van der Waals surface area contributed by atoms with Gasteiger partial charge < -0.3 is 39.3 Å². The molecule has 12 nitrogen and oxygen atoms in total. The number of carbonyl (C=O) groups excluding carboxylic acids is 3. The second-order valence-corrected chi connectivity index (χ2v) is 10.5. The molecule has 12 heteroatoms. The number of hydrogen-bond donors (Lipinski definition) is 2. The largest absolute Gasteiger partial charge is 0.514 e. The summed E-state index contributed by atoms with van der Waals surface area (Å²) in [6, 6.07) is 4.16. The Hall–Kier alpha value is -3.54. The lowest BCUT2D eigenvalue weighted by molar-refractivity contribution is -0.144. The Morgan fingerprint density at radius 1 is 0.786 bits per heavy atom. The van der Waals surface area contributed by atoms with Crippen molar-refractivity contribution in [3.63, 3.8) is 0 Å². The van der Waals surface area contributed by atoms with Crippen molar-refractivity contribution in [3.05, 3.63) is 23.8 Å². The smallest absolute Gasteiger partial charge is 0.480 e. The lowest BCUT2D eigenvalue weighted by Gasteiger charge is -2.28. The van der Waals surface area contributed by atoms with Crippen LogP contribution in [0.4, 0.5) is 14.4 Å². The molecule has 0 spiro atoms. The number of ether oxygens (including phenoxy) is 6. The van der Waals surface area contributed by atoms with Crippen molar-refractivity contribution in [1.29, 1.82) is 0 Å². The topological polar surface area (TPSA) is 170 Å². The fraction of sp³-hybridized carbons (Fsp3) is 0.667. The Labute approximate surface area is 248 Å². The molecule has 3 unspecified atom stereocenters. The quantitative estimate of drug-likeness (QED) is 0.0811. The van der Waals surface area contributed by atoms with Crippen molar-refractivity contribution < 1.29 is 52.7 Å². The summed E-state index contributed by atoms with van der Waals surface area (Å²) < 4.78 is 31.3. The predicted octanol–water partition coefficient (Wildman–Crippen LogP) is 6.54. The lowest BCUT2D eigenvalue weighted by atomic mass is 9.86. The molecule has 0 fully saturated rings. The molecule has 1 aromatic rings. The maximum absolute atomic E-state index is 12.5. The van der Waals surface area contributed by atoms with E-state index in [1.807, 2.05) is 20.8 Å². The van der Waals surface area contributed by atoms with Gasteiger partial charge in [-0.3, -0.25) is 4.79 Å². The van der Waals surface area contributed by atoms with E-state index in [0.29, 0.717) is 24.8 Å². The first-order chi connectivity index (χ1) is 19.8. The van der Waals surface area contributed by atoms with Crippen LogP contribution in [0.25, 0.3) is 0 Å². The molecular formula is C30H47NO11. The van der Waals surface area contributed by atoms with E-state index in [1.54, 1.807) is 13.8 Å². The number of nitrogens with two attached hydrogens (primary N) is 1. The number of carboxylic acids is 1. The molecule has 0 saturated carbocycles. The van der Waals surface area contributed by atoms with Crippen LogP contribution in [-0.4, -0.2) is 60.0 Å². The molecule has 0 bridgehead atoms. The number of carboxylic acid groups (broad SMARTS) is 1. The van der Waals surface area contributed by atoms with Crippen LogP contribution < -0.4 is 15.2 Å². The van der Waals surface area contributed by atoms with E-state index >= 15 is 0 Å². The van der Waals surface area contributed by atoms with Crippen molar-refractivity contribution in [2.45, 2.75) is 123 Å². The number of hydrogen-bond acceptors (Lipinski definition) is 11. The van der Waals surface area contributed by atoms with Gasteiger partial charge in [0.15, 0.2) is 11.5 Å². The van der Waals surface area contributed by atoms with Crippen molar-refractivity contribution in [3.8, 4) is 11.5 Å². The molecule has 0 aliphatic rings. The number of carbonyl (C=O) groups is 4. The third kappa shape index (κ3) is 13.9. The summed E-state index contributed by atoms with van der Waals surface area (Å²) in [5.74, 6) is -1.65. The van der Waals surface area contributed by atoms with Crippen molar-refractivity contribution in [2.24, 2.45) is 5.73 Å². The molecule has 0 aliphatic carbocycles. The average Bonchev–Trinajstić information content (AvgIpc) is 2.88. The summed E-state index contributed by atoms with van der Waals surface area (Å²) >= 11 is 0. The zero-order chi connectivity index (χ0) is 31.7. The summed E-state index contributed by atoms with van der Waals surface area (Å²) in [5.41, 5.74) is 4.75. The minimum absolute atomic E-state index is 0.131. The maximum Gasteiger partial charge on any atom is 0.514 e. The maximum atomic E-state index is 12.5. The van der Waals surface area contributed by atoms with E-state index < -0.39 is 48.3 Å². The van der Waals surface area contributed by atoms with E-state index in [0.717, 1.165) is 25.7 Å². The van der Waals surface area contributed by atoms with Crippen molar-refractivity contribution >= 4 is 24.4 Å². The summed E-state index contributed by atoms with van der Waals surface area (Å²) in [5, 5.41) is 9.95. The minimum atomic E-state index is -1.87. The Bertz CT molecular complexity index is 1010. The SMILES string of the molecule is CCCCCOC(=O)O[C@@H](C)CC(N)(Cc1ccc(OC(=O)OC(C)CCC)c(OC(=O)OC(C)CCC)c1)C(=O)O. The van der Waals surface area contributed by atoms with Gasteiger partial charge in [0.05, 0.1) is 6.61 Å². The first-order valence-corrected chi connectivity index (χ1v) is 14.6. The molecule has 0 amide bonds. The molecule has 4 atom stereocenters. The fourth-order valence-corrected chi connectivity index (χ4v) is 4.17. The van der Waals surface area contributed by atoms with Gasteiger partial charge in [-0.15, -0.1) is 0 Å². The Morgan fingerprint density at radius 2 is 1.33 bits per heavy atom. The normalized spacial score (nSPS) is 14.5. The summed E-state index contributed by atoms with van der Waals surface area (Å²) in [6.07, 6.45) is 0.301. The highest BCUT2D eigenvalue weighted by Crippen LogP contribution is 2.32. The van der Waals surface area contributed by atoms with Crippen LogP contribution in [0.1, 0.15) is 98.5 Å². The van der Waals surface area contributed by atoms with Gasteiger partial charge in [0.1, 0.15) is 23.9 Å².